The lowest BCUT2D eigenvalue weighted by molar-refractivity contribution is -0.180. The van der Waals surface area contributed by atoms with E-state index in [1.807, 2.05) is 0 Å². The molecule has 0 bridgehead atoms. The fourth-order valence-electron chi connectivity index (χ4n) is 0.617. The molecule has 0 aliphatic carbocycles. The molecule has 84 valence electrons. The van der Waals surface area contributed by atoms with Crippen molar-refractivity contribution in [3.05, 3.63) is 0 Å². The summed E-state index contributed by atoms with van der Waals surface area (Å²) in [5, 5.41) is 8.56. The van der Waals surface area contributed by atoms with Crippen molar-refractivity contribution in [1.29, 1.82) is 0 Å². The third kappa shape index (κ3) is 8.81. The van der Waals surface area contributed by atoms with Gasteiger partial charge in [-0.3, -0.25) is 0 Å². The lowest BCUT2D eigenvalue weighted by Gasteiger charge is -2.08. The zero-order valence-corrected chi connectivity index (χ0v) is 9.99. The Morgan fingerprint density at radius 3 is 2.43 bits per heavy atom. The highest BCUT2D eigenvalue weighted by Crippen LogP contribution is 2.27. The second-order valence-electron chi connectivity index (χ2n) is 2.71. The second-order valence-corrected chi connectivity index (χ2v) is 4.37. The minimum atomic E-state index is -2.25. The summed E-state index contributed by atoms with van der Waals surface area (Å²) in [7, 11) is -2.25. The highest BCUT2D eigenvalue weighted by Gasteiger charge is 2.26. The molecule has 0 radical (unpaired) electrons. The van der Waals surface area contributed by atoms with Gasteiger partial charge in [-0.2, -0.15) is 0 Å². The number of aliphatic hydroxyl groups is 1. The van der Waals surface area contributed by atoms with Crippen LogP contribution in [0.1, 0.15) is 20.8 Å². The van der Waals surface area contributed by atoms with Crippen LogP contribution in [0.5, 0.6) is 0 Å². The van der Waals surface area contributed by atoms with E-state index in [1.54, 1.807) is 6.92 Å². The zero-order chi connectivity index (χ0) is 11.1. The maximum Gasteiger partial charge on any atom is 0.700 e. The highest BCUT2D eigenvalue weighted by atomic mass is 35.5. The number of halogens is 1. The largest absolute Gasteiger partial charge is 0.700 e. The lowest BCUT2D eigenvalue weighted by Crippen LogP contribution is -2.17. The van der Waals surface area contributed by atoms with Gasteiger partial charge in [0.15, 0.2) is 6.29 Å². The second kappa shape index (κ2) is 7.51. The maximum absolute atomic E-state index is 11.0. The molecule has 0 aromatic heterocycles. The van der Waals surface area contributed by atoms with Crippen LogP contribution in [0, 0.1) is 0 Å². The van der Waals surface area contributed by atoms with Crippen molar-refractivity contribution in [2.75, 3.05) is 6.61 Å². The molecule has 0 saturated heterocycles. The molecule has 0 saturated carbocycles. The number of ether oxygens (including phenoxy) is 1. The van der Waals surface area contributed by atoms with E-state index in [4.69, 9.17) is 30.5 Å². The molecule has 4 unspecified atom stereocenters. The van der Waals surface area contributed by atoms with E-state index in [0.717, 1.165) is 0 Å². The Morgan fingerprint density at radius 2 is 2.00 bits per heavy atom. The molecule has 4 atom stereocenters. The third-order valence-corrected chi connectivity index (χ3v) is 1.99. The summed E-state index contributed by atoms with van der Waals surface area (Å²) in [4.78, 5) is 0. The average Bonchev–Trinajstić information content (AvgIpc) is 1.98. The Hall–Kier alpha value is 0.230. The van der Waals surface area contributed by atoms with Gasteiger partial charge in [0.2, 0.25) is 6.29 Å². The Balaban J connectivity index is 3.60. The quantitative estimate of drug-likeness (QED) is 0.422. The molecule has 0 amide bonds. The molecule has 0 heterocycles. The van der Waals surface area contributed by atoms with Crippen molar-refractivity contribution in [2.45, 2.75) is 38.7 Å². The molecule has 0 aliphatic heterocycles. The molecule has 14 heavy (non-hydrogen) atoms. The summed E-state index contributed by atoms with van der Waals surface area (Å²) >= 11 is 5.56. The first-order chi connectivity index (χ1) is 6.41. The molecule has 0 rings (SSSR count). The van der Waals surface area contributed by atoms with Gasteiger partial charge in [0.1, 0.15) is 6.61 Å². The lowest BCUT2D eigenvalue weighted by atomic mass is 10.5. The Morgan fingerprint density at radius 1 is 1.43 bits per heavy atom. The minimum absolute atomic E-state index is 0.137. The van der Waals surface area contributed by atoms with E-state index in [1.165, 1.54) is 13.8 Å². The van der Waals surface area contributed by atoms with Crippen LogP contribution in [0.2, 0.25) is 0 Å². The van der Waals surface area contributed by atoms with Gasteiger partial charge in [0, 0.05) is 4.57 Å². The molecule has 1 N–H and O–H groups in total. The monoisotopic (exact) mass is 245 g/mol. The standard InChI is InChI=1S/C7H15ClO5P/c1-5(8)4-11-14(10)13-7(3)12-6(2)9/h5-7,9H,4H2,1-3H3/q+1. The third-order valence-electron chi connectivity index (χ3n) is 1.03. The van der Waals surface area contributed by atoms with Crippen molar-refractivity contribution in [1.82, 2.24) is 0 Å². The first-order valence-corrected chi connectivity index (χ1v) is 5.69. The van der Waals surface area contributed by atoms with Crippen LogP contribution in [0.4, 0.5) is 0 Å². The number of alkyl halides is 1. The summed E-state index contributed by atoms with van der Waals surface area (Å²) in [6.07, 6.45) is -1.76. The SMILES string of the molecule is CC(Cl)CO[P+](=O)OC(C)OC(C)O. The molecular weight excluding hydrogens is 230 g/mol. The molecule has 0 aromatic rings. The van der Waals surface area contributed by atoms with E-state index in [9.17, 15) is 4.57 Å². The zero-order valence-electron chi connectivity index (χ0n) is 8.34. The number of hydrogen-bond donors (Lipinski definition) is 1. The van der Waals surface area contributed by atoms with Gasteiger partial charge >= 0.3 is 8.25 Å². The Kier molecular flexibility index (Phi) is 7.64. The van der Waals surface area contributed by atoms with Crippen LogP contribution in [0.15, 0.2) is 0 Å². The van der Waals surface area contributed by atoms with Gasteiger partial charge < -0.3 is 9.84 Å². The molecule has 0 aromatic carbocycles. The van der Waals surface area contributed by atoms with Crippen molar-refractivity contribution in [3.8, 4) is 0 Å². The normalized spacial score (nSPS) is 18.8. The Labute approximate surface area is 89.2 Å². The summed E-state index contributed by atoms with van der Waals surface area (Å²) < 4.78 is 25.3. The summed E-state index contributed by atoms with van der Waals surface area (Å²) in [6.45, 7) is 4.78. The van der Waals surface area contributed by atoms with Gasteiger partial charge in [-0.15, -0.1) is 16.1 Å². The van der Waals surface area contributed by atoms with Crippen molar-refractivity contribution in [3.63, 3.8) is 0 Å². The topological polar surface area (TPSA) is 65.0 Å². The molecular formula is C7H15ClO5P+. The first-order valence-electron chi connectivity index (χ1n) is 4.16. The van der Waals surface area contributed by atoms with E-state index in [2.05, 4.69) is 0 Å². The Bertz CT molecular complexity index is 175. The van der Waals surface area contributed by atoms with Gasteiger partial charge in [-0.25, -0.2) is 0 Å². The predicted molar refractivity (Wildman–Crippen MR) is 52.2 cm³/mol. The van der Waals surface area contributed by atoms with Crippen molar-refractivity contribution in [2.24, 2.45) is 0 Å². The molecule has 7 heteroatoms. The molecule has 0 spiro atoms. The molecule has 0 aliphatic rings. The summed E-state index contributed by atoms with van der Waals surface area (Å²) in [5.41, 5.74) is 0. The van der Waals surface area contributed by atoms with E-state index in [0.29, 0.717) is 0 Å². The van der Waals surface area contributed by atoms with Gasteiger partial charge in [0.05, 0.1) is 5.38 Å². The average molecular weight is 246 g/mol. The van der Waals surface area contributed by atoms with Crippen LogP contribution in [0.3, 0.4) is 0 Å². The molecule has 5 nitrogen and oxygen atoms in total. The maximum atomic E-state index is 11.0. The summed E-state index contributed by atoms with van der Waals surface area (Å²) in [6, 6.07) is 0. The predicted octanol–water partition coefficient (Wildman–Crippen LogP) is 2.01. The fourth-order valence-corrected chi connectivity index (χ4v) is 1.47. The minimum Gasteiger partial charge on any atom is -0.368 e. The van der Waals surface area contributed by atoms with E-state index < -0.39 is 20.8 Å². The number of hydrogen-bond acceptors (Lipinski definition) is 5. The molecule has 0 fully saturated rings. The van der Waals surface area contributed by atoms with E-state index >= 15 is 0 Å². The highest BCUT2D eigenvalue weighted by molar-refractivity contribution is 7.33. The van der Waals surface area contributed by atoms with Crippen LogP contribution in [0.25, 0.3) is 0 Å². The fraction of sp³-hybridized carbons (Fsp3) is 1.00. The van der Waals surface area contributed by atoms with Crippen LogP contribution < -0.4 is 0 Å². The summed E-state index contributed by atoms with van der Waals surface area (Å²) in [5.74, 6) is 0. The van der Waals surface area contributed by atoms with Crippen LogP contribution in [-0.4, -0.2) is 29.7 Å². The smallest absolute Gasteiger partial charge is 0.368 e. The van der Waals surface area contributed by atoms with Crippen molar-refractivity contribution >= 4 is 19.9 Å². The number of rotatable bonds is 7. The first kappa shape index (κ1) is 14.2. The van der Waals surface area contributed by atoms with Crippen molar-refractivity contribution < 1.29 is 23.5 Å². The van der Waals surface area contributed by atoms with Gasteiger partial charge in [-0.1, -0.05) is 4.52 Å². The van der Waals surface area contributed by atoms with Gasteiger partial charge in [-0.05, 0) is 20.8 Å². The van der Waals surface area contributed by atoms with Crippen LogP contribution in [-0.2, 0) is 18.3 Å². The van der Waals surface area contributed by atoms with Gasteiger partial charge in [0.25, 0.3) is 0 Å². The van der Waals surface area contributed by atoms with Crippen LogP contribution >= 0.6 is 19.9 Å². The van der Waals surface area contributed by atoms with E-state index in [-0.39, 0.29) is 12.0 Å². The number of aliphatic hydroxyl groups excluding tert-OH is 1.